The zero-order valence-corrected chi connectivity index (χ0v) is 12.3. The number of carbonyl (C=O) groups excluding carboxylic acids is 1. The molecule has 0 aliphatic rings. The molecule has 0 aromatic heterocycles. The summed E-state index contributed by atoms with van der Waals surface area (Å²) in [5, 5.41) is 11.9. The van der Waals surface area contributed by atoms with Crippen LogP contribution in [-0.4, -0.2) is 23.6 Å². The minimum Gasteiger partial charge on any atom is -0.482 e. The topological polar surface area (TPSA) is 75.6 Å². The molecule has 0 aliphatic heterocycles. The van der Waals surface area contributed by atoms with E-state index in [-0.39, 0.29) is 12.3 Å². The molecule has 22 heavy (non-hydrogen) atoms. The first-order chi connectivity index (χ1) is 10.5. The van der Waals surface area contributed by atoms with Gasteiger partial charge in [-0.25, -0.2) is 4.79 Å². The first-order valence-corrected chi connectivity index (χ1v) is 6.89. The third-order valence-corrected chi connectivity index (χ3v) is 3.03. The molecule has 0 fully saturated rings. The fourth-order valence-corrected chi connectivity index (χ4v) is 1.90. The number of rotatable bonds is 6. The van der Waals surface area contributed by atoms with E-state index in [2.05, 4.69) is 5.32 Å². The molecule has 0 heterocycles. The lowest BCUT2D eigenvalue weighted by Gasteiger charge is -2.07. The molecule has 0 radical (unpaired) electrons. The Bertz CT molecular complexity index is 653. The molecule has 0 saturated heterocycles. The van der Waals surface area contributed by atoms with Gasteiger partial charge in [0.15, 0.2) is 6.61 Å². The van der Waals surface area contributed by atoms with Gasteiger partial charge in [0.25, 0.3) is 0 Å². The van der Waals surface area contributed by atoms with E-state index in [1.807, 2.05) is 0 Å². The number of ether oxygens (including phenoxy) is 1. The Morgan fingerprint density at radius 2 is 1.68 bits per heavy atom. The highest BCUT2D eigenvalue weighted by atomic mass is 35.5. The van der Waals surface area contributed by atoms with Gasteiger partial charge in [-0.05, 0) is 42.0 Å². The predicted molar refractivity (Wildman–Crippen MR) is 83.4 cm³/mol. The highest BCUT2D eigenvalue weighted by Gasteiger charge is 2.05. The number of amides is 1. The second-order valence-corrected chi connectivity index (χ2v) is 4.99. The molecule has 0 spiro atoms. The van der Waals surface area contributed by atoms with E-state index in [9.17, 15) is 9.59 Å². The molecular weight excluding hydrogens is 306 g/mol. The van der Waals surface area contributed by atoms with Gasteiger partial charge in [-0.1, -0.05) is 23.7 Å². The fourth-order valence-electron chi connectivity index (χ4n) is 1.77. The van der Waals surface area contributed by atoms with Gasteiger partial charge in [0, 0.05) is 10.7 Å². The Balaban J connectivity index is 1.88. The minimum atomic E-state index is -1.04. The molecule has 114 valence electrons. The standard InChI is InChI=1S/C16H14ClNO4/c17-12-3-1-11(2-4-12)9-15(19)18-13-5-7-14(8-6-13)22-10-16(20)21/h1-8H,9-10H2,(H,18,19)(H,20,21). The Labute approximate surface area is 132 Å². The molecule has 5 nitrogen and oxygen atoms in total. The molecule has 0 unspecified atom stereocenters. The SMILES string of the molecule is O=C(O)COc1ccc(NC(=O)Cc2ccc(Cl)cc2)cc1. The number of nitrogens with one attached hydrogen (secondary N) is 1. The molecular formula is C16H14ClNO4. The summed E-state index contributed by atoms with van der Waals surface area (Å²) in [5.74, 6) is -0.764. The number of hydrogen-bond acceptors (Lipinski definition) is 3. The summed E-state index contributed by atoms with van der Waals surface area (Å²) < 4.78 is 5.01. The number of carboxylic acid groups (broad SMARTS) is 1. The predicted octanol–water partition coefficient (Wildman–Crippen LogP) is 2.98. The maximum Gasteiger partial charge on any atom is 0.341 e. The van der Waals surface area contributed by atoms with Crippen molar-refractivity contribution < 1.29 is 19.4 Å². The van der Waals surface area contributed by atoms with Crippen LogP contribution in [0.1, 0.15) is 5.56 Å². The molecule has 0 saturated carbocycles. The van der Waals surface area contributed by atoms with Gasteiger partial charge in [-0.2, -0.15) is 0 Å². The van der Waals surface area contributed by atoms with Crippen molar-refractivity contribution in [3.05, 3.63) is 59.1 Å². The zero-order valence-electron chi connectivity index (χ0n) is 11.6. The van der Waals surface area contributed by atoms with Crippen molar-refractivity contribution in [3.63, 3.8) is 0 Å². The fraction of sp³-hybridized carbons (Fsp3) is 0.125. The quantitative estimate of drug-likeness (QED) is 0.858. The number of hydrogen-bond donors (Lipinski definition) is 2. The third kappa shape index (κ3) is 5.10. The first kappa shape index (κ1) is 15.9. The lowest BCUT2D eigenvalue weighted by Crippen LogP contribution is -2.14. The maximum absolute atomic E-state index is 11.9. The summed E-state index contributed by atoms with van der Waals surface area (Å²) in [5.41, 5.74) is 1.48. The van der Waals surface area contributed by atoms with Crippen LogP contribution >= 0.6 is 11.6 Å². The molecule has 2 aromatic rings. The first-order valence-electron chi connectivity index (χ1n) is 6.52. The highest BCUT2D eigenvalue weighted by Crippen LogP contribution is 2.16. The van der Waals surface area contributed by atoms with Crippen LogP contribution in [0, 0.1) is 0 Å². The van der Waals surface area contributed by atoms with E-state index in [1.165, 1.54) is 0 Å². The monoisotopic (exact) mass is 319 g/mol. The number of carbonyl (C=O) groups is 2. The molecule has 2 N–H and O–H groups in total. The summed E-state index contributed by atoms with van der Waals surface area (Å²) >= 11 is 5.79. The highest BCUT2D eigenvalue weighted by molar-refractivity contribution is 6.30. The molecule has 6 heteroatoms. The van der Waals surface area contributed by atoms with E-state index in [4.69, 9.17) is 21.4 Å². The van der Waals surface area contributed by atoms with Gasteiger partial charge in [0.1, 0.15) is 5.75 Å². The molecule has 2 rings (SSSR count). The lowest BCUT2D eigenvalue weighted by atomic mass is 10.1. The third-order valence-electron chi connectivity index (χ3n) is 2.78. The van der Waals surface area contributed by atoms with Gasteiger partial charge >= 0.3 is 5.97 Å². The molecule has 0 aliphatic carbocycles. The van der Waals surface area contributed by atoms with Gasteiger partial charge in [0.2, 0.25) is 5.91 Å². The number of anilines is 1. The Morgan fingerprint density at radius 1 is 1.05 bits per heavy atom. The van der Waals surface area contributed by atoms with Crippen molar-refractivity contribution in [3.8, 4) is 5.75 Å². The van der Waals surface area contributed by atoms with Crippen LogP contribution in [0.25, 0.3) is 0 Å². The summed E-state index contributed by atoms with van der Waals surface area (Å²) in [6, 6.07) is 13.6. The van der Waals surface area contributed by atoms with Gasteiger partial charge < -0.3 is 15.2 Å². The Hall–Kier alpha value is -2.53. The van der Waals surface area contributed by atoms with Crippen LogP contribution in [0.5, 0.6) is 5.75 Å². The molecule has 0 atom stereocenters. The lowest BCUT2D eigenvalue weighted by molar-refractivity contribution is -0.139. The second kappa shape index (κ2) is 7.47. The van der Waals surface area contributed by atoms with E-state index in [0.29, 0.717) is 16.5 Å². The van der Waals surface area contributed by atoms with Crippen LogP contribution in [0.4, 0.5) is 5.69 Å². The zero-order chi connectivity index (χ0) is 15.9. The van der Waals surface area contributed by atoms with Crippen molar-refractivity contribution in [1.29, 1.82) is 0 Å². The van der Waals surface area contributed by atoms with E-state index >= 15 is 0 Å². The summed E-state index contributed by atoms with van der Waals surface area (Å²) in [4.78, 5) is 22.3. The molecule has 1 amide bonds. The van der Waals surface area contributed by atoms with Gasteiger partial charge in [0.05, 0.1) is 6.42 Å². The summed E-state index contributed by atoms with van der Waals surface area (Å²) in [7, 11) is 0. The molecule has 0 bridgehead atoms. The minimum absolute atomic E-state index is 0.151. The summed E-state index contributed by atoms with van der Waals surface area (Å²) in [6.07, 6.45) is 0.244. The second-order valence-electron chi connectivity index (χ2n) is 4.56. The average molecular weight is 320 g/mol. The smallest absolute Gasteiger partial charge is 0.341 e. The van der Waals surface area contributed by atoms with Crippen molar-refractivity contribution >= 4 is 29.2 Å². The van der Waals surface area contributed by atoms with Crippen LogP contribution in [0.15, 0.2) is 48.5 Å². The number of aliphatic carboxylic acids is 1. The van der Waals surface area contributed by atoms with Gasteiger partial charge in [-0.15, -0.1) is 0 Å². The van der Waals surface area contributed by atoms with Gasteiger partial charge in [-0.3, -0.25) is 4.79 Å². The van der Waals surface area contributed by atoms with E-state index < -0.39 is 12.6 Å². The van der Waals surface area contributed by atoms with Crippen molar-refractivity contribution in [2.45, 2.75) is 6.42 Å². The number of halogens is 1. The van der Waals surface area contributed by atoms with Crippen molar-refractivity contribution in [2.24, 2.45) is 0 Å². The normalized spacial score (nSPS) is 10.0. The Kier molecular flexibility index (Phi) is 5.38. The van der Waals surface area contributed by atoms with Crippen LogP contribution in [-0.2, 0) is 16.0 Å². The maximum atomic E-state index is 11.9. The van der Waals surface area contributed by atoms with Crippen LogP contribution in [0.2, 0.25) is 5.02 Å². The van der Waals surface area contributed by atoms with Crippen molar-refractivity contribution in [1.82, 2.24) is 0 Å². The summed E-state index contributed by atoms with van der Waals surface area (Å²) in [6.45, 7) is -0.401. The number of benzene rings is 2. The van der Waals surface area contributed by atoms with Crippen LogP contribution in [0.3, 0.4) is 0 Å². The molecule has 2 aromatic carbocycles. The largest absolute Gasteiger partial charge is 0.482 e. The number of carboxylic acids is 1. The van der Waals surface area contributed by atoms with E-state index in [0.717, 1.165) is 5.56 Å². The Morgan fingerprint density at radius 3 is 2.27 bits per heavy atom. The van der Waals surface area contributed by atoms with Crippen LogP contribution < -0.4 is 10.1 Å². The average Bonchev–Trinajstić information content (AvgIpc) is 2.49. The van der Waals surface area contributed by atoms with Crippen molar-refractivity contribution in [2.75, 3.05) is 11.9 Å². The van der Waals surface area contributed by atoms with E-state index in [1.54, 1.807) is 48.5 Å².